The first-order chi connectivity index (χ1) is 8.58. The highest BCUT2D eigenvalue weighted by molar-refractivity contribution is 6.30. The van der Waals surface area contributed by atoms with Gasteiger partial charge in [0.15, 0.2) is 0 Å². The van der Waals surface area contributed by atoms with Gasteiger partial charge < -0.3 is 11.1 Å². The van der Waals surface area contributed by atoms with E-state index in [9.17, 15) is 9.18 Å². The molecule has 1 aliphatic carbocycles. The Morgan fingerprint density at radius 1 is 1.39 bits per heavy atom. The Kier molecular flexibility index (Phi) is 4.19. The van der Waals surface area contributed by atoms with Crippen LogP contribution in [0.1, 0.15) is 36.0 Å². The summed E-state index contributed by atoms with van der Waals surface area (Å²) in [5.74, 6) is -0.884. The highest BCUT2D eigenvalue weighted by Gasteiger charge is 2.23. The van der Waals surface area contributed by atoms with Gasteiger partial charge in [-0.05, 0) is 31.0 Å². The van der Waals surface area contributed by atoms with Crippen molar-refractivity contribution in [2.24, 2.45) is 5.73 Å². The van der Waals surface area contributed by atoms with Crippen LogP contribution in [0.2, 0.25) is 5.02 Å². The molecule has 2 rings (SSSR count). The highest BCUT2D eigenvalue weighted by Crippen LogP contribution is 2.19. The number of rotatable bonds is 2. The molecule has 0 aliphatic heterocycles. The quantitative estimate of drug-likeness (QED) is 0.867. The van der Waals surface area contributed by atoms with Crippen LogP contribution < -0.4 is 11.1 Å². The molecule has 3 N–H and O–H groups in total. The number of hydrogen-bond acceptors (Lipinski definition) is 2. The second kappa shape index (κ2) is 5.67. The molecule has 0 radical (unpaired) electrons. The first-order valence-electron chi connectivity index (χ1n) is 6.09. The van der Waals surface area contributed by atoms with E-state index in [-0.39, 0.29) is 28.6 Å². The monoisotopic (exact) mass is 270 g/mol. The molecule has 5 heteroatoms. The average molecular weight is 271 g/mol. The van der Waals surface area contributed by atoms with Crippen molar-refractivity contribution < 1.29 is 9.18 Å². The molecule has 1 fully saturated rings. The minimum atomic E-state index is -0.586. The standard InChI is InChI=1S/C13H16ClFN2O/c14-9-6-5-8(7-10(9)15)13(18)17-12-4-2-1-3-11(12)16/h5-7,11-12H,1-4,16H2,(H,17,18). The Balaban J connectivity index is 2.04. The zero-order valence-corrected chi connectivity index (χ0v) is 10.7. The van der Waals surface area contributed by atoms with E-state index in [4.69, 9.17) is 17.3 Å². The second-order valence-electron chi connectivity index (χ2n) is 4.66. The molecule has 1 amide bonds. The van der Waals surface area contributed by atoms with Crippen molar-refractivity contribution >= 4 is 17.5 Å². The summed E-state index contributed by atoms with van der Waals surface area (Å²) >= 11 is 5.57. The third-order valence-electron chi connectivity index (χ3n) is 3.32. The lowest BCUT2D eigenvalue weighted by molar-refractivity contribution is 0.0921. The second-order valence-corrected chi connectivity index (χ2v) is 5.06. The summed E-state index contributed by atoms with van der Waals surface area (Å²) in [4.78, 5) is 11.9. The van der Waals surface area contributed by atoms with Gasteiger partial charge in [-0.2, -0.15) is 0 Å². The zero-order chi connectivity index (χ0) is 13.1. The lowest BCUT2D eigenvalue weighted by atomic mass is 9.91. The Morgan fingerprint density at radius 3 is 2.78 bits per heavy atom. The molecule has 2 unspecified atom stereocenters. The van der Waals surface area contributed by atoms with E-state index >= 15 is 0 Å². The molecule has 3 nitrogen and oxygen atoms in total. The molecule has 0 spiro atoms. The van der Waals surface area contributed by atoms with Gasteiger partial charge in [-0.15, -0.1) is 0 Å². The van der Waals surface area contributed by atoms with Crippen molar-refractivity contribution in [3.05, 3.63) is 34.6 Å². The Bertz CT molecular complexity index is 453. The highest BCUT2D eigenvalue weighted by atomic mass is 35.5. The normalized spacial score (nSPS) is 23.7. The van der Waals surface area contributed by atoms with Crippen LogP contribution in [0, 0.1) is 5.82 Å². The van der Waals surface area contributed by atoms with Crippen LogP contribution >= 0.6 is 11.6 Å². The molecule has 2 atom stereocenters. The molecule has 0 heterocycles. The predicted octanol–water partition coefficient (Wildman–Crippen LogP) is 2.48. The number of carbonyl (C=O) groups is 1. The molecular weight excluding hydrogens is 255 g/mol. The van der Waals surface area contributed by atoms with Crippen LogP contribution in [0.15, 0.2) is 18.2 Å². The number of hydrogen-bond donors (Lipinski definition) is 2. The number of carbonyl (C=O) groups excluding carboxylic acids is 1. The fourth-order valence-electron chi connectivity index (χ4n) is 2.23. The van der Waals surface area contributed by atoms with Crippen molar-refractivity contribution in [2.75, 3.05) is 0 Å². The van der Waals surface area contributed by atoms with Gasteiger partial charge in [0.05, 0.1) is 5.02 Å². The number of nitrogens with one attached hydrogen (secondary N) is 1. The molecule has 1 aliphatic rings. The largest absolute Gasteiger partial charge is 0.348 e. The summed E-state index contributed by atoms with van der Waals surface area (Å²) in [5, 5.41) is 2.87. The maximum absolute atomic E-state index is 13.3. The minimum Gasteiger partial charge on any atom is -0.348 e. The molecule has 0 bridgehead atoms. The predicted molar refractivity (Wildman–Crippen MR) is 69.1 cm³/mol. The first kappa shape index (κ1) is 13.3. The van der Waals surface area contributed by atoms with Crippen molar-refractivity contribution in [2.45, 2.75) is 37.8 Å². The molecular formula is C13H16ClFN2O. The molecule has 0 aromatic heterocycles. The van der Waals surface area contributed by atoms with Gasteiger partial charge in [-0.25, -0.2) is 4.39 Å². The SMILES string of the molecule is NC1CCCCC1NC(=O)c1ccc(Cl)c(F)c1. The van der Waals surface area contributed by atoms with Gasteiger partial charge in [-0.3, -0.25) is 4.79 Å². The first-order valence-corrected chi connectivity index (χ1v) is 6.47. The molecule has 1 saturated carbocycles. The number of amides is 1. The lowest BCUT2D eigenvalue weighted by Crippen LogP contribution is -2.49. The summed E-state index contributed by atoms with van der Waals surface area (Å²) in [5.41, 5.74) is 6.22. The average Bonchev–Trinajstić information content (AvgIpc) is 2.35. The molecule has 1 aromatic carbocycles. The fourth-order valence-corrected chi connectivity index (χ4v) is 2.35. The third kappa shape index (κ3) is 3.00. The molecule has 1 aromatic rings. The van der Waals surface area contributed by atoms with E-state index in [1.165, 1.54) is 12.1 Å². The van der Waals surface area contributed by atoms with E-state index in [2.05, 4.69) is 5.32 Å². The molecule has 0 saturated heterocycles. The van der Waals surface area contributed by atoms with Gasteiger partial charge >= 0.3 is 0 Å². The van der Waals surface area contributed by atoms with Gasteiger partial charge in [-0.1, -0.05) is 24.4 Å². The van der Waals surface area contributed by atoms with E-state index in [0.717, 1.165) is 31.7 Å². The summed E-state index contributed by atoms with van der Waals surface area (Å²) in [6.45, 7) is 0. The van der Waals surface area contributed by atoms with Crippen molar-refractivity contribution in [3.63, 3.8) is 0 Å². The Morgan fingerprint density at radius 2 is 2.11 bits per heavy atom. The van der Waals surface area contributed by atoms with Crippen molar-refractivity contribution in [3.8, 4) is 0 Å². The molecule has 18 heavy (non-hydrogen) atoms. The van der Waals surface area contributed by atoms with E-state index < -0.39 is 5.82 Å². The zero-order valence-electron chi connectivity index (χ0n) is 9.96. The van der Waals surface area contributed by atoms with Crippen molar-refractivity contribution in [1.29, 1.82) is 0 Å². The lowest BCUT2D eigenvalue weighted by Gasteiger charge is -2.29. The summed E-state index contributed by atoms with van der Waals surface area (Å²) in [6.07, 6.45) is 3.96. The van der Waals surface area contributed by atoms with Crippen LogP contribution in [-0.2, 0) is 0 Å². The number of halogens is 2. The van der Waals surface area contributed by atoms with E-state index in [1.54, 1.807) is 0 Å². The summed E-state index contributed by atoms with van der Waals surface area (Å²) in [7, 11) is 0. The van der Waals surface area contributed by atoms with Crippen LogP contribution in [0.4, 0.5) is 4.39 Å². The minimum absolute atomic E-state index is 0.0140. The van der Waals surface area contributed by atoms with Crippen LogP contribution in [0.25, 0.3) is 0 Å². The smallest absolute Gasteiger partial charge is 0.251 e. The van der Waals surface area contributed by atoms with Gasteiger partial charge in [0.2, 0.25) is 0 Å². The van der Waals surface area contributed by atoms with Crippen molar-refractivity contribution in [1.82, 2.24) is 5.32 Å². The number of benzene rings is 1. The topological polar surface area (TPSA) is 55.1 Å². The summed E-state index contributed by atoms with van der Waals surface area (Å²) in [6, 6.07) is 4.00. The van der Waals surface area contributed by atoms with Gasteiger partial charge in [0.25, 0.3) is 5.91 Å². The maximum Gasteiger partial charge on any atom is 0.251 e. The van der Waals surface area contributed by atoms with Gasteiger partial charge in [0.1, 0.15) is 5.82 Å². The van der Waals surface area contributed by atoms with E-state index in [0.29, 0.717) is 0 Å². The Hall–Kier alpha value is -1.13. The van der Waals surface area contributed by atoms with Gasteiger partial charge in [0, 0.05) is 17.6 Å². The Labute approximate surface area is 111 Å². The van der Waals surface area contributed by atoms with Crippen LogP contribution in [0.5, 0.6) is 0 Å². The third-order valence-corrected chi connectivity index (χ3v) is 3.62. The number of nitrogens with two attached hydrogens (primary N) is 1. The van der Waals surface area contributed by atoms with Crippen LogP contribution in [0.3, 0.4) is 0 Å². The van der Waals surface area contributed by atoms with Crippen LogP contribution in [-0.4, -0.2) is 18.0 Å². The fraction of sp³-hybridized carbons (Fsp3) is 0.462. The summed E-state index contributed by atoms with van der Waals surface area (Å²) < 4.78 is 13.3. The van der Waals surface area contributed by atoms with E-state index in [1.807, 2.05) is 0 Å². The maximum atomic E-state index is 13.3. The molecule has 98 valence electrons.